The lowest BCUT2D eigenvalue weighted by molar-refractivity contribution is -0.161. The molecule has 0 aromatic heterocycles. The first-order chi connectivity index (χ1) is 24.6. The zero-order chi connectivity index (χ0) is 36.9. The number of fused-ring (bicyclic) bond motifs is 1. The molecule has 3 fully saturated rings. The Labute approximate surface area is 308 Å². The fourth-order valence-electron chi connectivity index (χ4n) is 7.79. The summed E-state index contributed by atoms with van der Waals surface area (Å²) in [6.07, 6.45) is 3.34. The van der Waals surface area contributed by atoms with Crippen LogP contribution in [0.2, 0.25) is 0 Å². The molecule has 51 heavy (non-hydrogen) atoms. The van der Waals surface area contributed by atoms with Crippen molar-refractivity contribution in [2.75, 3.05) is 31.7 Å². The Hall–Kier alpha value is -4.00. The number of allylic oxidation sites excluding steroid dienone is 1. The zero-order valence-electron chi connectivity index (χ0n) is 29.4. The topological polar surface area (TPSA) is 135 Å². The number of amides is 3. The Balaban J connectivity index is 1.53. The average molecular weight is 767 g/mol. The predicted molar refractivity (Wildman–Crippen MR) is 196 cm³/mol. The SMILES string of the molecule is C=CCCC(=O)NC[C@@H](OC(=O)[C@@H]1[C@H]2O[C@@]3(CC2Br)[C@H](C(=O)N(CC=C)c2ccc(OC)cc2)N([C@@H](CO)[C@@H](C)CC)C(=O)[C@@H]13)c1ccccc1. The van der Waals surface area contributed by atoms with E-state index < -0.39 is 59.5 Å². The van der Waals surface area contributed by atoms with Crippen LogP contribution < -0.4 is 15.0 Å². The smallest absolute Gasteiger partial charge is 0.313 e. The molecule has 9 atom stereocenters. The van der Waals surface area contributed by atoms with Gasteiger partial charge in [-0.2, -0.15) is 0 Å². The third-order valence-electron chi connectivity index (χ3n) is 10.5. The first-order valence-corrected chi connectivity index (χ1v) is 18.4. The normalized spacial score (nSPS) is 26.5. The maximum atomic E-state index is 15.0. The lowest BCUT2D eigenvalue weighted by Crippen LogP contribution is -2.60. The molecule has 3 amide bonds. The van der Waals surface area contributed by atoms with E-state index in [4.69, 9.17) is 14.2 Å². The third-order valence-corrected chi connectivity index (χ3v) is 11.4. The molecule has 0 radical (unpaired) electrons. The summed E-state index contributed by atoms with van der Waals surface area (Å²) < 4.78 is 18.2. The molecule has 12 heteroatoms. The van der Waals surface area contributed by atoms with Crippen molar-refractivity contribution >= 4 is 45.3 Å². The average Bonchev–Trinajstić information content (AvgIpc) is 3.74. The van der Waals surface area contributed by atoms with Gasteiger partial charge in [-0.3, -0.25) is 19.2 Å². The van der Waals surface area contributed by atoms with Crippen LogP contribution in [0.15, 0.2) is 79.9 Å². The second-order valence-corrected chi connectivity index (χ2v) is 14.6. The van der Waals surface area contributed by atoms with Gasteiger partial charge in [0.25, 0.3) is 5.91 Å². The lowest BCUT2D eigenvalue weighted by atomic mass is 9.70. The number of nitrogens with zero attached hydrogens (tertiary/aromatic N) is 2. The minimum absolute atomic E-state index is 0.0255. The van der Waals surface area contributed by atoms with Crippen molar-refractivity contribution in [2.45, 2.75) is 74.3 Å². The molecule has 1 unspecified atom stereocenters. The van der Waals surface area contributed by atoms with Crippen LogP contribution in [0.25, 0.3) is 0 Å². The Bertz CT molecular complexity index is 1590. The number of aliphatic hydroxyl groups excluding tert-OH is 1. The van der Waals surface area contributed by atoms with Gasteiger partial charge in [-0.05, 0) is 48.6 Å². The van der Waals surface area contributed by atoms with Crippen LogP contribution in [-0.4, -0.2) is 89.1 Å². The summed E-state index contributed by atoms with van der Waals surface area (Å²) in [6.45, 7) is 11.2. The Morgan fingerprint density at radius 3 is 2.47 bits per heavy atom. The minimum Gasteiger partial charge on any atom is -0.497 e. The second kappa shape index (κ2) is 16.6. The molecule has 2 bridgehead atoms. The summed E-state index contributed by atoms with van der Waals surface area (Å²) in [4.78, 5) is 59.4. The van der Waals surface area contributed by atoms with E-state index in [1.165, 1.54) is 4.90 Å². The maximum absolute atomic E-state index is 15.0. The first kappa shape index (κ1) is 38.2. The van der Waals surface area contributed by atoms with E-state index in [1.807, 2.05) is 44.2 Å². The van der Waals surface area contributed by atoms with Gasteiger partial charge in [-0.25, -0.2) is 0 Å². The third kappa shape index (κ3) is 7.36. The van der Waals surface area contributed by atoms with Gasteiger partial charge in [-0.1, -0.05) is 78.7 Å². The molecule has 5 rings (SSSR count). The quantitative estimate of drug-likeness (QED) is 0.134. The molecule has 1 spiro atoms. The van der Waals surface area contributed by atoms with Gasteiger partial charge in [0.2, 0.25) is 11.8 Å². The molecule has 3 aliphatic rings. The van der Waals surface area contributed by atoms with Gasteiger partial charge < -0.3 is 34.4 Å². The van der Waals surface area contributed by atoms with E-state index in [0.29, 0.717) is 29.8 Å². The molecule has 3 heterocycles. The van der Waals surface area contributed by atoms with Crippen LogP contribution in [0.1, 0.15) is 51.2 Å². The number of rotatable bonds is 17. The van der Waals surface area contributed by atoms with E-state index in [1.54, 1.807) is 48.4 Å². The highest BCUT2D eigenvalue weighted by molar-refractivity contribution is 9.09. The number of esters is 1. The fraction of sp³-hybridized carbons (Fsp3) is 0.487. The number of hydrogen-bond donors (Lipinski definition) is 2. The molecule has 0 saturated carbocycles. The Kier molecular flexibility index (Phi) is 12.4. The number of methoxy groups -OCH3 is 1. The summed E-state index contributed by atoms with van der Waals surface area (Å²) in [5.41, 5.74) is -0.144. The van der Waals surface area contributed by atoms with E-state index >= 15 is 0 Å². The van der Waals surface area contributed by atoms with Crippen LogP contribution in [0.3, 0.4) is 0 Å². The van der Waals surface area contributed by atoms with E-state index in [9.17, 15) is 24.3 Å². The van der Waals surface area contributed by atoms with Gasteiger partial charge in [0.15, 0.2) is 0 Å². The Morgan fingerprint density at radius 2 is 1.86 bits per heavy atom. The number of alkyl halides is 1. The van der Waals surface area contributed by atoms with E-state index in [0.717, 1.165) is 0 Å². The van der Waals surface area contributed by atoms with Crippen molar-refractivity contribution in [1.29, 1.82) is 0 Å². The predicted octanol–water partition coefficient (Wildman–Crippen LogP) is 4.74. The van der Waals surface area contributed by atoms with Crippen molar-refractivity contribution in [3.05, 3.63) is 85.5 Å². The largest absolute Gasteiger partial charge is 0.497 e. The lowest BCUT2D eigenvalue weighted by Gasteiger charge is -2.41. The second-order valence-electron chi connectivity index (χ2n) is 13.4. The van der Waals surface area contributed by atoms with Crippen molar-refractivity contribution in [3.63, 3.8) is 0 Å². The number of benzene rings is 2. The summed E-state index contributed by atoms with van der Waals surface area (Å²) in [5, 5.41) is 13.6. The minimum atomic E-state index is -1.38. The number of anilines is 1. The fourth-order valence-corrected chi connectivity index (χ4v) is 8.73. The molecule has 3 saturated heterocycles. The Morgan fingerprint density at radius 1 is 1.16 bits per heavy atom. The highest BCUT2D eigenvalue weighted by atomic mass is 79.9. The molecule has 2 aromatic rings. The molecule has 3 aliphatic heterocycles. The van der Waals surface area contributed by atoms with Crippen molar-refractivity contribution in [3.8, 4) is 5.75 Å². The summed E-state index contributed by atoms with van der Waals surface area (Å²) in [7, 11) is 1.56. The molecule has 2 aromatic carbocycles. The number of nitrogens with one attached hydrogen (secondary N) is 1. The summed E-state index contributed by atoms with van der Waals surface area (Å²) >= 11 is 3.73. The number of hydrogen-bond acceptors (Lipinski definition) is 8. The number of halogens is 1. The number of ether oxygens (including phenoxy) is 3. The zero-order valence-corrected chi connectivity index (χ0v) is 31.0. The van der Waals surface area contributed by atoms with E-state index in [-0.39, 0.29) is 49.2 Å². The van der Waals surface area contributed by atoms with Gasteiger partial charge in [-0.15, -0.1) is 13.2 Å². The van der Waals surface area contributed by atoms with Crippen molar-refractivity contribution in [1.82, 2.24) is 10.2 Å². The van der Waals surface area contributed by atoms with Crippen molar-refractivity contribution < 1.29 is 38.5 Å². The van der Waals surface area contributed by atoms with Gasteiger partial charge in [0.1, 0.15) is 23.5 Å². The molecular formula is C39H48BrN3O8. The highest BCUT2D eigenvalue weighted by Gasteiger charge is 2.77. The molecule has 2 N–H and O–H groups in total. The van der Waals surface area contributed by atoms with Crippen LogP contribution in [0.4, 0.5) is 5.69 Å². The van der Waals surface area contributed by atoms with Crippen LogP contribution in [-0.2, 0) is 28.7 Å². The standard InChI is InChI=1S/C39H48BrN3O8/c1-6-9-15-31(45)41-22-30(25-13-11-10-12-14-25)50-38(48)32-33-36(46)43(29(23-44)24(4)8-3)35(39(33)21-28(40)34(32)51-39)37(47)42(20-7-2)26-16-18-27(49-5)19-17-26/h6-7,10-14,16-19,24,28-30,32-35,44H,1-2,8-9,15,20-23H2,3-5H3,(H,41,45)/t24-,28?,29-,30+,32-,33+,34-,35-,39+/m0/s1. The molecule has 11 nitrogen and oxygen atoms in total. The number of carbonyl (C=O) groups is 4. The first-order valence-electron chi connectivity index (χ1n) is 17.5. The van der Waals surface area contributed by atoms with Crippen LogP contribution in [0.5, 0.6) is 5.75 Å². The van der Waals surface area contributed by atoms with Crippen LogP contribution in [0, 0.1) is 17.8 Å². The van der Waals surface area contributed by atoms with Crippen molar-refractivity contribution in [2.24, 2.45) is 17.8 Å². The summed E-state index contributed by atoms with van der Waals surface area (Å²) in [5.74, 6) is -3.36. The van der Waals surface area contributed by atoms with E-state index in [2.05, 4.69) is 34.4 Å². The number of likely N-dealkylation sites (tertiary alicyclic amines) is 1. The molecular weight excluding hydrogens is 718 g/mol. The maximum Gasteiger partial charge on any atom is 0.313 e. The number of aliphatic hydroxyl groups is 1. The summed E-state index contributed by atoms with van der Waals surface area (Å²) in [6, 6.07) is 14.2. The molecule has 274 valence electrons. The van der Waals surface area contributed by atoms with Crippen LogP contribution >= 0.6 is 15.9 Å². The van der Waals surface area contributed by atoms with Gasteiger partial charge >= 0.3 is 5.97 Å². The number of carbonyl (C=O) groups excluding carboxylic acids is 4. The van der Waals surface area contributed by atoms with Gasteiger partial charge in [0.05, 0.1) is 44.2 Å². The van der Waals surface area contributed by atoms with Gasteiger partial charge in [0, 0.05) is 23.5 Å². The monoisotopic (exact) mass is 765 g/mol. The molecule has 0 aliphatic carbocycles. The highest BCUT2D eigenvalue weighted by Crippen LogP contribution is 2.61.